The second-order valence-corrected chi connectivity index (χ2v) is 4.30. The van der Waals surface area contributed by atoms with Crippen molar-refractivity contribution in [3.63, 3.8) is 0 Å². The van der Waals surface area contributed by atoms with Gasteiger partial charge in [-0.3, -0.25) is 0 Å². The fourth-order valence-electron chi connectivity index (χ4n) is 1.74. The van der Waals surface area contributed by atoms with Gasteiger partial charge >= 0.3 is 12.0 Å². The molecule has 1 aliphatic heterocycles. The molecule has 2 atom stereocenters. The van der Waals surface area contributed by atoms with Crippen molar-refractivity contribution < 1.29 is 19.4 Å². The Kier molecular flexibility index (Phi) is 4.33. The largest absolute Gasteiger partial charge is 0.479 e. The van der Waals surface area contributed by atoms with Gasteiger partial charge in [0.15, 0.2) is 6.10 Å². The van der Waals surface area contributed by atoms with Crippen molar-refractivity contribution in [1.29, 1.82) is 0 Å². The van der Waals surface area contributed by atoms with Crippen LogP contribution in [0.25, 0.3) is 0 Å². The minimum absolute atomic E-state index is 0.0186. The lowest BCUT2D eigenvalue weighted by molar-refractivity contribution is -0.149. The Balaban J connectivity index is 1.89. The van der Waals surface area contributed by atoms with Crippen LogP contribution in [0.1, 0.15) is 12.8 Å². The second-order valence-electron chi connectivity index (χ2n) is 3.96. The highest BCUT2D eigenvalue weighted by Gasteiger charge is 2.30. The molecule has 1 fully saturated rings. The van der Waals surface area contributed by atoms with E-state index in [-0.39, 0.29) is 23.3 Å². The van der Waals surface area contributed by atoms with E-state index >= 15 is 0 Å². The van der Waals surface area contributed by atoms with E-state index in [1.165, 1.54) is 7.11 Å². The Labute approximate surface area is 114 Å². The predicted molar refractivity (Wildman–Crippen MR) is 65.4 cm³/mol. The summed E-state index contributed by atoms with van der Waals surface area (Å²) < 4.78 is 10.2. The van der Waals surface area contributed by atoms with Gasteiger partial charge in [-0.2, -0.15) is 15.0 Å². The van der Waals surface area contributed by atoms with Crippen LogP contribution in [0, 0.1) is 0 Å². The molecule has 9 heteroatoms. The molecule has 0 aliphatic carbocycles. The Bertz CT molecular complexity index is 473. The molecule has 0 amide bonds. The van der Waals surface area contributed by atoms with Gasteiger partial charge in [0.1, 0.15) is 0 Å². The molecule has 0 saturated carbocycles. The molecule has 1 aliphatic rings. The van der Waals surface area contributed by atoms with E-state index < -0.39 is 12.1 Å². The minimum atomic E-state index is -0.938. The number of carboxylic acids is 1. The van der Waals surface area contributed by atoms with Crippen molar-refractivity contribution in [3.05, 3.63) is 5.28 Å². The molecule has 0 spiro atoms. The Morgan fingerprint density at radius 2 is 2.32 bits per heavy atom. The lowest BCUT2D eigenvalue weighted by atomic mass is 10.2. The summed E-state index contributed by atoms with van der Waals surface area (Å²) in [6.45, 7) is 0.396. The highest BCUT2D eigenvalue weighted by molar-refractivity contribution is 6.28. The van der Waals surface area contributed by atoms with Gasteiger partial charge in [-0.25, -0.2) is 4.79 Å². The average Bonchev–Trinajstić information content (AvgIpc) is 2.84. The zero-order chi connectivity index (χ0) is 13.8. The quantitative estimate of drug-likeness (QED) is 0.810. The van der Waals surface area contributed by atoms with Crippen LogP contribution in [0.5, 0.6) is 6.01 Å². The molecule has 104 valence electrons. The standard InChI is InChI=1S/C10H13ClN4O4/c1-18-10-14-8(11)13-9(15-10)12-4-5-2-3-6(19-5)7(16)17/h5-6H,2-4H2,1H3,(H,16,17)(H,12,13,14,15). The first-order valence-corrected chi connectivity index (χ1v) is 6.04. The van der Waals surface area contributed by atoms with Crippen LogP contribution < -0.4 is 10.1 Å². The minimum Gasteiger partial charge on any atom is -0.479 e. The summed E-state index contributed by atoms with van der Waals surface area (Å²) in [6, 6.07) is 0.109. The van der Waals surface area contributed by atoms with Crippen LogP contribution >= 0.6 is 11.6 Å². The van der Waals surface area contributed by atoms with Gasteiger partial charge in [-0.1, -0.05) is 0 Å². The maximum absolute atomic E-state index is 10.7. The van der Waals surface area contributed by atoms with Crippen molar-refractivity contribution in [1.82, 2.24) is 15.0 Å². The van der Waals surface area contributed by atoms with Crippen LogP contribution in [0.3, 0.4) is 0 Å². The maximum Gasteiger partial charge on any atom is 0.332 e. The maximum atomic E-state index is 10.7. The number of rotatable bonds is 5. The zero-order valence-electron chi connectivity index (χ0n) is 10.2. The van der Waals surface area contributed by atoms with E-state index in [9.17, 15) is 4.79 Å². The number of hydrogen-bond acceptors (Lipinski definition) is 7. The molecular formula is C10H13ClN4O4. The molecular weight excluding hydrogens is 276 g/mol. The van der Waals surface area contributed by atoms with Crippen LogP contribution in [0.15, 0.2) is 0 Å². The normalized spacial score (nSPS) is 22.2. The zero-order valence-corrected chi connectivity index (χ0v) is 10.9. The number of hydrogen-bond donors (Lipinski definition) is 2. The number of ether oxygens (including phenoxy) is 2. The molecule has 2 N–H and O–H groups in total. The number of nitrogens with zero attached hydrogens (tertiary/aromatic N) is 3. The summed E-state index contributed by atoms with van der Waals surface area (Å²) in [5.41, 5.74) is 0. The van der Waals surface area contributed by atoms with Crippen molar-refractivity contribution in [2.24, 2.45) is 0 Å². The van der Waals surface area contributed by atoms with Gasteiger partial charge in [0, 0.05) is 6.54 Å². The predicted octanol–water partition coefficient (Wildman–Crippen LogP) is 0.578. The number of nitrogens with one attached hydrogen (secondary N) is 1. The van der Waals surface area contributed by atoms with E-state index in [1.54, 1.807) is 0 Å². The number of anilines is 1. The van der Waals surface area contributed by atoms with E-state index in [1.807, 2.05) is 0 Å². The van der Waals surface area contributed by atoms with Gasteiger partial charge in [0.05, 0.1) is 13.2 Å². The highest BCUT2D eigenvalue weighted by Crippen LogP contribution is 2.20. The highest BCUT2D eigenvalue weighted by atomic mass is 35.5. The lowest BCUT2D eigenvalue weighted by Crippen LogP contribution is -2.25. The summed E-state index contributed by atoms with van der Waals surface area (Å²) in [5.74, 6) is -0.674. The van der Waals surface area contributed by atoms with Crippen molar-refractivity contribution >= 4 is 23.5 Å². The first-order chi connectivity index (χ1) is 9.08. The second kappa shape index (κ2) is 5.98. The monoisotopic (exact) mass is 288 g/mol. The number of aliphatic carboxylic acids is 1. The van der Waals surface area contributed by atoms with Gasteiger partial charge in [-0.05, 0) is 24.4 Å². The average molecular weight is 289 g/mol. The van der Waals surface area contributed by atoms with Gasteiger partial charge < -0.3 is 19.9 Å². The van der Waals surface area contributed by atoms with E-state index in [0.29, 0.717) is 19.4 Å². The number of halogens is 1. The van der Waals surface area contributed by atoms with Crippen molar-refractivity contribution in [2.45, 2.75) is 25.0 Å². The first kappa shape index (κ1) is 13.8. The third-order valence-corrected chi connectivity index (χ3v) is 2.81. The van der Waals surface area contributed by atoms with E-state index in [4.69, 9.17) is 26.2 Å². The molecule has 8 nitrogen and oxygen atoms in total. The summed E-state index contributed by atoms with van der Waals surface area (Å²) in [6.07, 6.45) is 0.244. The van der Waals surface area contributed by atoms with Crippen LogP contribution in [0.4, 0.5) is 5.95 Å². The summed E-state index contributed by atoms with van der Waals surface area (Å²) in [7, 11) is 1.42. The summed E-state index contributed by atoms with van der Waals surface area (Å²) in [4.78, 5) is 22.3. The molecule has 0 radical (unpaired) electrons. The molecule has 2 rings (SSSR count). The number of methoxy groups -OCH3 is 1. The topological polar surface area (TPSA) is 106 Å². The molecule has 19 heavy (non-hydrogen) atoms. The van der Waals surface area contributed by atoms with Gasteiger partial charge in [0.25, 0.3) is 0 Å². The van der Waals surface area contributed by atoms with E-state index in [2.05, 4.69) is 20.3 Å². The SMILES string of the molecule is COc1nc(Cl)nc(NCC2CCC(C(=O)O)O2)n1. The Morgan fingerprint density at radius 3 is 2.95 bits per heavy atom. The molecule has 2 unspecified atom stereocenters. The van der Waals surface area contributed by atoms with Crippen LogP contribution in [-0.4, -0.2) is 51.9 Å². The number of carbonyl (C=O) groups is 1. The van der Waals surface area contributed by atoms with Crippen molar-refractivity contribution in [3.8, 4) is 6.01 Å². The number of carboxylic acid groups (broad SMARTS) is 1. The molecule has 0 aromatic carbocycles. The summed E-state index contributed by atoms with van der Waals surface area (Å²) >= 11 is 5.70. The lowest BCUT2D eigenvalue weighted by Gasteiger charge is -2.12. The van der Waals surface area contributed by atoms with Crippen LogP contribution in [-0.2, 0) is 9.53 Å². The molecule has 1 aromatic rings. The smallest absolute Gasteiger partial charge is 0.332 e. The third kappa shape index (κ3) is 3.65. The van der Waals surface area contributed by atoms with Gasteiger partial charge in [-0.15, -0.1) is 0 Å². The van der Waals surface area contributed by atoms with Crippen molar-refractivity contribution in [2.75, 3.05) is 19.0 Å². The molecule has 2 heterocycles. The number of aromatic nitrogens is 3. The summed E-state index contributed by atoms with van der Waals surface area (Å²) in [5, 5.41) is 11.7. The molecule has 1 aromatic heterocycles. The fourth-order valence-corrected chi connectivity index (χ4v) is 1.90. The molecule has 0 bridgehead atoms. The fraction of sp³-hybridized carbons (Fsp3) is 0.600. The first-order valence-electron chi connectivity index (χ1n) is 5.66. The Hall–Kier alpha value is -1.67. The third-order valence-electron chi connectivity index (χ3n) is 2.64. The molecule has 1 saturated heterocycles. The van der Waals surface area contributed by atoms with E-state index in [0.717, 1.165) is 0 Å². The van der Waals surface area contributed by atoms with Crippen LogP contribution in [0.2, 0.25) is 5.28 Å². The van der Waals surface area contributed by atoms with Gasteiger partial charge in [0.2, 0.25) is 11.2 Å². The Morgan fingerprint density at radius 1 is 1.53 bits per heavy atom.